The number of nitrogens with zero attached hydrogens (tertiary/aromatic N) is 2. The largest absolute Gasteiger partial charge is 0.370 e. The van der Waals surface area contributed by atoms with Gasteiger partial charge in [0.15, 0.2) is 5.96 Å². The molecule has 2 aliphatic rings. The standard InChI is InChI=1S/C23H34N6O3/c24-23(25)27-12-6-9-18(15-30)28-21(31)20-13-17(16-7-2-1-3-8-16)14-29(20)22(32)19-10-4-5-11-26-19/h1-3,7-8,15,17-20,26H,4-6,9-14H2,(H,28,31)(H4,24,25,27)/t17-,18-,19+,20-/m0/s1. The number of nitrogens with two attached hydrogens (primary N) is 2. The summed E-state index contributed by atoms with van der Waals surface area (Å²) >= 11 is 0. The van der Waals surface area contributed by atoms with Crippen molar-refractivity contribution in [1.29, 1.82) is 0 Å². The van der Waals surface area contributed by atoms with E-state index in [4.69, 9.17) is 11.5 Å². The van der Waals surface area contributed by atoms with Crippen LogP contribution < -0.4 is 22.1 Å². The van der Waals surface area contributed by atoms with Crippen molar-refractivity contribution in [3.05, 3.63) is 35.9 Å². The smallest absolute Gasteiger partial charge is 0.243 e. The lowest BCUT2D eigenvalue weighted by Crippen LogP contribution is -2.54. The maximum atomic E-state index is 13.3. The molecule has 1 aromatic carbocycles. The first kappa shape index (κ1) is 23.7. The third kappa shape index (κ3) is 6.29. The first-order valence-corrected chi connectivity index (χ1v) is 11.4. The molecule has 0 bridgehead atoms. The third-order valence-corrected chi connectivity index (χ3v) is 6.23. The Labute approximate surface area is 189 Å². The van der Waals surface area contributed by atoms with Crippen molar-refractivity contribution in [2.75, 3.05) is 19.6 Å². The molecular formula is C23H34N6O3. The Bertz CT molecular complexity index is 805. The summed E-state index contributed by atoms with van der Waals surface area (Å²) in [6, 6.07) is 8.46. The molecule has 0 saturated carbocycles. The summed E-state index contributed by atoms with van der Waals surface area (Å²) in [5.41, 5.74) is 11.7. The van der Waals surface area contributed by atoms with Gasteiger partial charge in [-0.05, 0) is 44.2 Å². The molecule has 0 aromatic heterocycles. The number of amides is 2. The predicted octanol–water partition coefficient (Wildman–Crippen LogP) is 0.251. The maximum Gasteiger partial charge on any atom is 0.243 e. The van der Waals surface area contributed by atoms with Crippen LogP contribution in [0, 0.1) is 0 Å². The molecule has 9 heteroatoms. The van der Waals surface area contributed by atoms with E-state index >= 15 is 0 Å². The molecule has 9 nitrogen and oxygen atoms in total. The molecule has 0 spiro atoms. The van der Waals surface area contributed by atoms with Crippen LogP contribution in [-0.2, 0) is 14.4 Å². The molecule has 2 fully saturated rings. The van der Waals surface area contributed by atoms with Crippen molar-refractivity contribution >= 4 is 24.1 Å². The molecule has 6 N–H and O–H groups in total. The van der Waals surface area contributed by atoms with Crippen molar-refractivity contribution in [3.63, 3.8) is 0 Å². The summed E-state index contributed by atoms with van der Waals surface area (Å²) in [7, 11) is 0. The number of likely N-dealkylation sites (tertiary alicyclic amines) is 1. The van der Waals surface area contributed by atoms with Crippen LogP contribution in [0.2, 0.25) is 0 Å². The van der Waals surface area contributed by atoms with E-state index < -0.39 is 12.1 Å². The molecule has 2 amide bonds. The minimum absolute atomic E-state index is 0.0000689. The normalized spacial score (nSPS) is 23.9. The van der Waals surface area contributed by atoms with Gasteiger partial charge in [-0.3, -0.25) is 14.6 Å². The van der Waals surface area contributed by atoms with Crippen LogP contribution in [0.4, 0.5) is 0 Å². The molecule has 0 aliphatic carbocycles. The van der Waals surface area contributed by atoms with Crippen LogP contribution in [-0.4, -0.2) is 66.7 Å². The number of carbonyl (C=O) groups is 3. The Morgan fingerprint density at radius 2 is 2.03 bits per heavy atom. The van der Waals surface area contributed by atoms with E-state index in [2.05, 4.69) is 15.6 Å². The Morgan fingerprint density at radius 3 is 2.69 bits per heavy atom. The van der Waals surface area contributed by atoms with Gasteiger partial charge in [0, 0.05) is 19.0 Å². The zero-order valence-electron chi connectivity index (χ0n) is 18.4. The van der Waals surface area contributed by atoms with Crippen molar-refractivity contribution in [3.8, 4) is 0 Å². The van der Waals surface area contributed by atoms with E-state index in [1.165, 1.54) is 0 Å². The molecule has 1 aromatic rings. The number of carbonyl (C=O) groups excluding carboxylic acids is 3. The Morgan fingerprint density at radius 1 is 1.25 bits per heavy atom. The Balaban J connectivity index is 1.69. The van der Waals surface area contributed by atoms with E-state index in [-0.39, 0.29) is 29.7 Å². The molecule has 2 heterocycles. The minimum Gasteiger partial charge on any atom is -0.370 e. The summed E-state index contributed by atoms with van der Waals surface area (Å²) in [5, 5.41) is 6.12. The molecule has 0 radical (unpaired) electrons. The first-order valence-electron chi connectivity index (χ1n) is 11.4. The number of rotatable bonds is 9. The number of benzene rings is 1. The van der Waals surface area contributed by atoms with E-state index in [0.29, 0.717) is 32.4 Å². The maximum absolute atomic E-state index is 13.3. The molecule has 174 valence electrons. The highest BCUT2D eigenvalue weighted by molar-refractivity contribution is 5.91. The quantitative estimate of drug-likeness (QED) is 0.187. The van der Waals surface area contributed by atoms with Crippen molar-refractivity contribution in [2.24, 2.45) is 16.5 Å². The van der Waals surface area contributed by atoms with Gasteiger partial charge in [0.25, 0.3) is 0 Å². The van der Waals surface area contributed by atoms with Gasteiger partial charge < -0.3 is 31.8 Å². The topological polar surface area (TPSA) is 143 Å². The van der Waals surface area contributed by atoms with Crippen molar-refractivity contribution < 1.29 is 14.4 Å². The minimum atomic E-state index is -0.641. The second-order valence-electron chi connectivity index (χ2n) is 8.55. The number of aldehydes is 1. The Hall–Kier alpha value is -2.94. The molecule has 3 rings (SSSR count). The lowest BCUT2D eigenvalue weighted by Gasteiger charge is -2.31. The van der Waals surface area contributed by atoms with Gasteiger partial charge in [0.1, 0.15) is 12.3 Å². The van der Waals surface area contributed by atoms with E-state index in [9.17, 15) is 14.4 Å². The summed E-state index contributed by atoms with van der Waals surface area (Å²) in [6.07, 6.45) is 5.09. The highest BCUT2D eigenvalue weighted by Gasteiger charge is 2.42. The second-order valence-corrected chi connectivity index (χ2v) is 8.55. The SMILES string of the molecule is NC(N)=NCCC[C@@H](C=O)NC(=O)[C@@H]1C[C@H](c2ccccc2)CN1C(=O)[C@H]1CCCCN1. The summed E-state index contributed by atoms with van der Waals surface area (Å²) in [6.45, 7) is 1.70. The lowest BCUT2D eigenvalue weighted by atomic mass is 9.96. The average molecular weight is 443 g/mol. The lowest BCUT2D eigenvalue weighted by molar-refractivity contribution is -0.140. The van der Waals surface area contributed by atoms with Crippen LogP contribution >= 0.6 is 0 Å². The summed E-state index contributed by atoms with van der Waals surface area (Å²) < 4.78 is 0. The summed E-state index contributed by atoms with van der Waals surface area (Å²) in [4.78, 5) is 43.6. The highest BCUT2D eigenvalue weighted by atomic mass is 16.2. The second kappa shape index (κ2) is 11.6. The van der Waals surface area contributed by atoms with Crippen LogP contribution in [0.3, 0.4) is 0 Å². The van der Waals surface area contributed by atoms with E-state index in [0.717, 1.165) is 37.7 Å². The molecule has 4 atom stereocenters. The number of piperidine rings is 1. The van der Waals surface area contributed by atoms with Crippen LogP contribution in [0.5, 0.6) is 0 Å². The molecule has 2 saturated heterocycles. The predicted molar refractivity (Wildman–Crippen MR) is 123 cm³/mol. The fraction of sp³-hybridized carbons (Fsp3) is 0.565. The number of nitrogens with one attached hydrogen (secondary N) is 2. The van der Waals surface area contributed by atoms with Gasteiger partial charge in [-0.2, -0.15) is 0 Å². The van der Waals surface area contributed by atoms with Gasteiger partial charge in [0.2, 0.25) is 11.8 Å². The zero-order chi connectivity index (χ0) is 22.9. The molecule has 32 heavy (non-hydrogen) atoms. The first-order chi connectivity index (χ1) is 15.5. The van der Waals surface area contributed by atoms with Crippen molar-refractivity contribution in [1.82, 2.24) is 15.5 Å². The van der Waals surface area contributed by atoms with Gasteiger partial charge in [-0.15, -0.1) is 0 Å². The zero-order valence-corrected chi connectivity index (χ0v) is 18.4. The number of guanidine groups is 1. The van der Waals surface area contributed by atoms with E-state index in [1.54, 1.807) is 4.90 Å². The molecular weight excluding hydrogens is 408 g/mol. The van der Waals surface area contributed by atoms with Crippen LogP contribution in [0.15, 0.2) is 35.3 Å². The van der Waals surface area contributed by atoms with Crippen LogP contribution in [0.1, 0.15) is 50.0 Å². The molecule has 0 unspecified atom stereocenters. The molecule has 2 aliphatic heterocycles. The summed E-state index contributed by atoms with van der Waals surface area (Å²) in [5.74, 6) is -0.235. The average Bonchev–Trinajstić information content (AvgIpc) is 3.27. The van der Waals surface area contributed by atoms with Gasteiger partial charge >= 0.3 is 0 Å². The van der Waals surface area contributed by atoms with Gasteiger partial charge in [-0.25, -0.2) is 0 Å². The van der Waals surface area contributed by atoms with Gasteiger partial charge in [0.05, 0.1) is 12.1 Å². The number of hydrogen-bond acceptors (Lipinski definition) is 5. The number of aliphatic imine (C=N–C) groups is 1. The third-order valence-electron chi connectivity index (χ3n) is 6.23. The highest BCUT2D eigenvalue weighted by Crippen LogP contribution is 2.33. The van der Waals surface area contributed by atoms with Crippen molar-refractivity contribution in [2.45, 2.75) is 62.6 Å². The van der Waals surface area contributed by atoms with Gasteiger partial charge in [-0.1, -0.05) is 36.8 Å². The monoisotopic (exact) mass is 442 g/mol. The van der Waals surface area contributed by atoms with E-state index in [1.807, 2.05) is 30.3 Å². The Kier molecular flexibility index (Phi) is 8.61. The van der Waals surface area contributed by atoms with Crippen LogP contribution in [0.25, 0.3) is 0 Å². The number of hydrogen-bond donors (Lipinski definition) is 4. The fourth-order valence-corrected chi connectivity index (χ4v) is 4.53. The fourth-order valence-electron chi connectivity index (χ4n) is 4.53.